The first-order valence-electron chi connectivity index (χ1n) is 12.4. The van der Waals surface area contributed by atoms with Gasteiger partial charge in [0.1, 0.15) is 5.54 Å². The fraction of sp³-hybridized carbons (Fsp3) is 0.481. The molecule has 1 saturated carbocycles. The second-order valence-electron chi connectivity index (χ2n) is 10.0. The number of rotatable bonds is 5. The van der Waals surface area contributed by atoms with Gasteiger partial charge in [-0.15, -0.1) is 0 Å². The number of carbonyl (C=O) groups excluding carboxylic acids is 2. The third-order valence-electron chi connectivity index (χ3n) is 7.19. The molecule has 0 bridgehead atoms. The molecule has 0 aromatic heterocycles. The van der Waals surface area contributed by atoms with E-state index in [0.717, 1.165) is 54.0 Å². The molecule has 1 N–H and O–H groups in total. The van der Waals surface area contributed by atoms with Crippen molar-refractivity contribution in [3.63, 3.8) is 0 Å². The molecule has 0 spiro atoms. The highest BCUT2D eigenvalue weighted by molar-refractivity contribution is 7.89. The van der Waals surface area contributed by atoms with Gasteiger partial charge in [-0.25, -0.2) is 8.42 Å². The van der Waals surface area contributed by atoms with Crippen LogP contribution in [0.3, 0.4) is 0 Å². The molecular weight excluding hydrogens is 462 g/mol. The molecule has 188 valence electrons. The Hall–Kier alpha value is -2.71. The van der Waals surface area contributed by atoms with Gasteiger partial charge in [0.15, 0.2) is 0 Å². The monoisotopic (exact) mass is 497 g/mol. The van der Waals surface area contributed by atoms with E-state index < -0.39 is 21.5 Å². The number of carbonyl (C=O) groups is 2. The Morgan fingerprint density at radius 1 is 1.00 bits per heavy atom. The summed E-state index contributed by atoms with van der Waals surface area (Å²) in [4.78, 5) is 29.1. The SMILES string of the molecule is Cc1ccc(N2C(=O)CN(S(=O)(=O)c3ccccc3)CC2(C)C(=O)NC2CCCCCC2)c(C)c1. The Morgan fingerprint density at radius 3 is 2.29 bits per heavy atom. The minimum Gasteiger partial charge on any atom is -0.351 e. The minimum absolute atomic E-state index is 0.0269. The first-order valence-corrected chi connectivity index (χ1v) is 13.8. The fourth-order valence-corrected chi connectivity index (χ4v) is 6.77. The number of piperazine rings is 1. The van der Waals surface area contributed by atoms with E-state index in [0.29, 0.717) is 5.69 Å². The first kappa shape index (κ1) is 25.4. The van der Waals surface area contributed by atoms with Crippen LogP contribution in [0.1, 0.15) is 56.6 Å². The summed E-state index contributed by atoms with van der Waals surface area (Å²) in [5, 5.41) is 3.18. The number of anilines is 1. The second kappa shape index (κ2) is 10.1. The average molecular weight is 498 g/mol. The minimum atomic E-state index is -3.96. The maximum absolute atomic E-state index is 13.9. The summed E-state index contributed by atoms with van der Waals surface area (Å²) in [5.74, 6) is -0.730. The van der Waals surface area contributed by atoms with Gasteiger partial charge in [0.25, 0.3) is 0 Å². The van der Waals surface area contributed by atoms with E-state index in [1.54, 1.807) is 25.1 Å². The lowest BCUT2D eigenvalue weighted by Crippen LogP contribution is -2.70. The van der Waals surface area contributed by atoms with Gasteiger partial charge >= 0.3 is 0 Å². The van der Waals surface area contributed by atoms with Crippen molar-refractivity contribution in [2.75, 3.05) is 18.0 Å². The van der Waals surface area contributed by atoms with Crippen molar-refractivity contribution >= 4 is 27.5 Å². The largest absolute Gasteiger partial charge is 0.351 e. The molecule has 35 heavy (non-hydrogen) atoms. The Kier molecular flexibility index (Phi) is 7.33. The Balaban J connectivity index is 1.73. The van der Waals surface area contributed by atoms with Crippen LogP contribution in [-0.2, 0) is 19.6 Å². The van der Waals surface area contributed by atoms with Crippen LogP contribution in [0, 0.1) is 13.8 Å². The molecule has 1 aliphatic carbocycles. The van der Waals surface area contributed by atoms with Gasteiger partial charge in [0.2, 0.25) is 21.8 Å². The predicted octanol–water partition coefficient (Wildman–Crippen LogP) is 3.94. The lowest BCUT2D eigenvalue weighted by molar-refractivity contribution is -0.133. The molecule has 1 saturated heterocycles. The van der Waals surface area contributed by atoms with Crippen molar-refractivity contribution in [2.45, 2.75) is 75.8 Å². The maximum atomic E-state index is 13.9. The Morgan fingerprint density at radius 2 is 1.66 bits per heavy atom. The quantitative estimate of drug-likeness (QED) is 0.634. The molecule has 1 atom stereocenters. The zero-order valence-electron chi connectivity index (χ0n) is 20.8. The van der Waals surface area contributed by atoms with Crippen LogP contribution in [0.25, 0.3) is 0 Å². The standard InChI is InChI=1S/C27H35N3O4S/c1-20-15-16-24(21(2)17-20)30-25(31)18-29(35(33,34)23-13-9-6-10-14-23)19-27(30,3)26(32)28-22-11-7-4-5-8-12-22/h6,9-10,13-17,22H,4-5,7-8,11-12,18-19H2,1-3H3,(H,28,32). The Labute approximate surface area is 208 Å². The van der Waals surface area contributed by atoms with E-state index in [1.807, 2.05) is 32.0 Å². The van der Waals surface area contributed by atoms with Crippen LogP contribution in [0.5, 0.6) is 0 Å². The third kappa shape index (κ3) is 5.14. The van der Waals surface area contributed by atoms with Crippen LogP contribution in [0.15, 0.2) is 53.4 Å². The Bertz CT molecular complexity index is 1190. The summed E-state index contributed by atoms with van der Waals surface area (Å²) in [6.07, 6.45) is 6.20. The number of amides is 2. The first-order chi connectivity index (χ1) is 16.6. The molecule has 2 aliphatic rings. The lowest BCUT2D eigenvalue weighted by Gasteiger charge is -2.47. The third-order valence-corrected chi connectivity index (χ3v) is 9.00. The molecule has 2 aromatic rings. The highest BCUT2D eigenvalue weighted by Gasteiger charge is 2.51. The molecular formula is C27H35N3O4S. The van der Waals surface area contributed by atoms with Gasteiger partial charge in [-0.3, -0.25) is 14.5 Å². The highest BCUT2D eigenvalue weighted by atomic mass is 32.2. The van der Waals surface area contributed by atoms with Crippen LogP contribution >= 0.6 is 0 Å². The van der Waals surface area contributed by atoms with E-state index in [1.165, 1.54) is 17.0 Å². The van der Waals surface area contributed by atoms with E-state index in [2.05, 4.69) is 5.32 Å². The highest BCUT2D eigenvalue weighted by Crippen LogP contribution is 2.34. The van der Waals surface area contributed by atoms with Crippen molar-refractivity contribution in [1.29, 1.82) is 0 Å². The summed E-state index contributed by atoms with van der Waals surface area (Å²) in [6.45, 7) is 5.12. The normalized spacial score (nSPS) is 22.6. The van der Waals surface area contributed by atoms with Crippen LogP contribution in [0.2, 0.25) is 0 Å². The van der Waals surface area contributed by atoms with Crippen molar-refractivity contribution < 1.29 is 18.0 Å². The molecule has 1 heterocycles. The van der Waals surface area contributed by atoms with E-state index in [-0.39, 0.29) is 29.9 Å². The van der Waals surface area contributed by atoms with E-state index >= 15 is 0 Å². The van der Waals surface area contributed by atoms with Crippen molar-refractivity contribution in [3.8, 4) is 0 Å². The molecule has 7 nitrogen and oxygen atoms in total. The van der Waals surface area contributed by atoms with Gasteiger partial charge < -0.3 is 5.32 Å². The molecule has 1 aliphatic heterocycles. The zero-order chi connectivity index (χ0) is 25.2. The summed E-state index contributed by atoms with van der Waals surface area (Å²) in [7, 11) is -3.96. The van der Waals surface area contributed by atoms with Gasteiger partial charge in [-0.05, 0) is 57.4 Å². The second-order valence-corrected chi connectivity index (χ2v) is 12.0. The number of sulfonamides is 1. The summed E-state index contributed by atoms with van der Waals surface area (Å²) in [5.41, 5.74) is 1.15. The molecule has 4 rings (SSSR count). The zero-order valence-corrected chi connectivity index (χ0v) is 21.6. The van der Waals surface area contributed by atoms with Gasteiger partial charge in [0, 0.05) is 18.3 Å². The number of benzene rings is 2. The molecule has 0 radical (unpaired) electrons. The van der Waals surface area contributed by atoms with E-state index in [9.17, 15) is 18.0 Å². The molecule has 2 amide bonds. The summed E-state index contributed by atoms with van der Waals surface area (Å²) < 4.78 is 28.1. The number of nitrogens with one attached hydrogen (secondary N) is 1. The van der Waals surface area contributed by atoms with Crippen molar-refractivity contribution in [3.05, 3.63) is 59.7 Å². The van der Waals surface area contributed by atoms with Crippen LogP contribution in [0.4, 0.5) is 5.69 Å². The van der Waals surface area contributed by atoms with Gasteiger partial charge in [-0.1, -0.05) is 61.6 Å². The number of hydrogen-bond donors (Lipinski definition) is 1. The van der Waals surface area contributed by atoms with Crippen LogP contribution < -0.4 is 10.2 Å². The predicted molar refractivity (Wildman–Crippen MR) is 137 cm³/mol. The van der Waals surface area contributed by atoms with Gasteiger partial charge in [-0.2, -0.15) is 4.31 Å². The van der Waals surface area contributed by atoms with Crippen molar-refractivity contribution in [1.82, 2.24) is 9.62 Å². The number of nitrogens with zero attached hydrogens (tertiary/aromatic N) is 2. The maximum Gasteiger partial charge on any atom is 0.247 e. The molecule has 1 unspecified atom stereocenters. The topological polar surface area (TPSA) is 86.8 Å². The molecule has 2 fully saturated rings. The number of aryl methyl sites for hydroxylation is 2. The van der Waals surface area contributed by atoms with Gasteiger partial charge in [0.05, 0.1) is 11.4 Å². The molecule has 2 aromatic carbocycles. The van der Waals surface area contributed by atoms with Crippen molar-refractivity contribution in [2.24, 2.45) is 0 Å². The summed E-state index contributed by atoms with van der Waals surface area (Å²) in [6, 6.07) is 13.8. The smallest absolute Gasteiger partial charge is 0.247 e. The van der Waals surface area contributed by atoms with E-state index in [4.69, 9.17) is 0 Å². The fourth-order valence-electron chi connectivity index (χ4n) is 5.27. The number of hydrogen-bond acceptors (Lipinski definition) is 4. The average Bonchev–Trinajstić information content (AvgIpc) is 3.09. The van der Waals surface area contributed by atoms with Crippen LogP contribution in [-0.4, -0.2) is 49.2 Å². The molecule has 8 heteroatoms. The summed E-state index contributed by atoms with van der Waals surface area (Å²) >= 11 is 0. The lowest BCUT2D eigenvalue weighted by atomic mass is 9.92.